The lowest BCUT2D eigenvalue weighted by atomic mass is 10.1. The molecular formula is C21H25ClN8O. The first-order valence-electron chi connectivity index (χ1n) is 10.1. The van der Waals surface area contributed by atoms with Crippen LogP contribution in [0.1, 0.15) is 21.6 Å². The minimum absolute atomic E-state index is 0. The quantitative estimate of drug-likeness (QED) is 0.508. The van der Waals surface area contributed by atoms with Gasteiger partial charge in [-0.15, -0.1) is 17.5 Å². The molecule has 9 nitrogen and oxygen atoms in total. The summed E-state index contributed by atoms with van der Waals surface area (Å²) in [6.45, 7) is 7.64. The summed E-state index contributed by atoms with van der Waals surface area (Å²) in [5.41, 5.74) is 4.96. The zero-order chi connectivity index (χ0) is 20.8. The van der Waals surface area contributed by atoms with Gasteiger partial charge in [0.2, 0.25) is 0 Å². The lowest BCUT2D eigenvalue weighted by Crippen LogP contribution is -2.43. The molecule has 1 saturated heterocycles. The number of amides is 1. The van der Waals surface area contributed by atoms with Crippen LogP contribution in [0.4, 0.5) is 11.5 Å². The number of carbonyl (C=O) groups excluding carboxylic acids is 1. The molecule has 10 heteroatoms. The molecule has 0 aliphatic carbocycles. The Morgan fingerprint density at radius 3 is 2.68 bits per heavy atom. The summed E-state index contributed by atoms with van der Waals surface area (Å²) in [7, 11) is 1.88. The number of carbonyl (C=O) groups is 1. The lowest BCUT2D eigenvalue weighted by Gasteiger charge is -2.30. The maximum absolute atomic E-state index is 13.1. The van der Waals surface area contributed by atoms with Crippen molar-refractivity contribution in [2.75, 3.05) is 36.4 Å². The van der Waals surface area contributed by atoms with Gasteiger partial charge in [0.25, 0.3) is 5.91 Å². The third kappa shape index (κ3) is 3.82. The van der Waals surface area contributed by atoms with Crippen LogP contribution in [-0.2, 0) is 7.05 Å². The Labute approximate surface area is 185 Å². The Kier molecular flexibility index (Phi) is 5.55. The standard InChI is InChI=1S/C21H24N8O.ClH/c1-13-10-18(25-29-11-14(2)23-20(13)29)24-21(30)15-4-5-17(28-8-6-22-7-9-28)16-12-27(3)26-19(15)16;/h4-5,10-12,22H,6-9H2,1-3H3,(H,24,25,30);1H. The van der Waals surface area contributed by atoms with Crippen LogP contribution in [0.2, 0.25) is 0 Å². The van der Waals surface area contributed by atoms with Gasteiger partial charge < -0.3 is 15.5 Å². The summed E-state index contributed by atoms with van der Waals surface area (Å²) in [6.07, 6.45) is 3.82. The molecule has 0 saturated carbocycles. The number of nitrogens with zero attached hydrogens (tertiary/aromatic N) is 6. The van der Waals surface area contributed by atoms with Gasteiger partial charge in [-0.1, -0.05) is 0 Å². The Morgan fingerprint density at radius 2 is 1.90 bits per heavy atom. The van der Waals surface area contributed by atoms with E-state index >= 15 is 0 Å². The molecule has 1 aliphatic heterocycles. The van der Waals surface area contributed by atoms with Gasteiger partial charge >= 0.3 is 0 Å². The fourth-order valence-electron chi connectivity index (χ4n) is 4.06. The van der Waals surface area contributed by atoms with Crippen LogP contribution in [0.5, 0.6) is 0 Å². The van der Waals surface area contributed by atoms with Crippen LogP contribution in [0.25, 0.3) is 16.6 Å². The molecule has 0 bridgehead atoms. The number of piperazine rings is 1. The fraction of sp³-hybridized carbons (Fsp3) is 0.333. The molecule has 0 radical (unpaired) electrons. The molecule has 0 spiro atoms. The second kappa shape index (κ2) is 8.16. The number of anilines is 2. The number of imidazole rings is 1. The van der Waals surface area contributed by atoms with Crippen LogP contribution in [0.3, 0.4) is 0 Å². The van der Waals surface area contributed by atoms with Gasteiger partial charge in [-0.2, -0.15) is 5.10 Å². The van der Waals surface area contributed by atoms with Crippen LogP contribution in [-0.4, -0.2) is 56.5 Å². The van der Waals surface area contributed by atoms with E-state index in [2.05, 4.69) is 30.7 Å². The van der Waals surface area contributed by atoms with E-state index in [4.69, 9.17) is 0 Å². The van der Waals surface area contributed by atoms with Crippen molar-refractivity contribution in [1.82, 2.24) is 29.7 Å². The van der Waals surface area contributed by atoms with Crippen molar-refractivity contribution in [2.24, 2.45) is 7.05 Å². The Balaban J connectivity index is 0.00000231. The highest BCUT2D eigenvalue weighted by Crippen LogP contribution is 2.29. The molecule has 4 heterocycles. The molecule has 2 N–H and O–H groups in total. The van der Waals surface area contributed by atoms with E-state index in [1.54, 1.807) is 9.20 Å². The van der Waals surface area contributed by atoms with Gasteiger partial charge in [-0.25, -0.2) is 9.50 Å². The second-order valence-electron chi connectivity index (χ2n) is 7.75. The largest absolute Gasteiger partial charge is 0.368 e. The van der Waals surface area contributed by atoms with Crippen molar-refractivity contribution >= 4 is 46.4 Å². The predicted molar refractivity (Wildman–Crippen MR) is 123 cm³/mol. The SMILES string of the molecule is Cc1cn2nc(NC(=O)c3ccc(N4CCNCC4)c4cn(C)nc34)cc(C)c2n1.Cl. The maximum atomic E-state index is 13.1. The zero-order valence-electron chi connectivity index (χ0n) is 17.7. The van der Waals surface area contributed by atoms with Crippen LogP contribution < -0.4 is 15.5 Å². The van der Waals surface area contributed by atoms with E-state index in [0.717, 1.165) is 54.2 Å². The highest BCUT2D eigenvalue weighted by Gasteiger charge is 2.20. The Morgan fingerprint density at radius 1 is 1.13 bits per heavy atom. The first-order chi connectivity index (χ1) is 14.5. The zero-order valence-corrected chi connectivity index (χ0v) is 18.5. The molecule has 1 aromatic carbocycles. The number of benzene rings is 1. The average molecular weight is 441 g/mol. The monoisotopic (exact) mass is 440 g/mol. The van der Waals surface area contributed by atoms with Crippen molar-refractivity contribution in [3.63, 3.8) is 0 Å². The lowest BCUT2D eigenvalue weighted by molar-refractivity contribution is 0.102. The van der Waals surface area contributed by atoms with E-state index < -0.39 is 0 Å². The van der Waals surface area contributed by atoms with Gasteiger partial charge in [0.15, 0.2) is 11.5 Å². The molecular weight excluding hydrogens is 416 g/mol. The number of hydrogen-bond donors (Lipinski definition) is 2. The minimum atomic E-state index is -0.228. The van der Waals surface area contributed by atoms with Crippen molar-refractivity contribution in [3.8, 4) is 0 Å². The molecule has 1 aliphatic rings. The predicted octanol–water partition coefficient (Wildman–Crippen LogP) is 2.32. The molecule has 5 rings (SSSR count). The number of rotatable bonds is 3. The van der Waals surface area contributed by atoms with Crippen LogP contribution in [0, 0.1) is 13.8 Å². The fourth-order valence-corrected chi connectivity index (χ4v) is 4.06. The first-order valence-corrected chi connectivity index (χ1v) is 10.1. The molecule has 1 fully saturated rings. The third-order valence-corrected chi connectivity index (χ3v) is 5.44. The molecule has 4 aromatic rings. The molecule has 3 aromatic heterocycles. The number of nitrogens with one attached hydrogen (secondary N) is 2. The van der Waals surface area contributed by atoms with Crippen molar-refractivity contribution in [1.29, 1.82) is 0 Å². The number of aryl methyl sites for hydroxylation is 3. The summed E-state index contributed by atoms with van der Waals surface area (Å²) in [4.78, 5) is 19.9. The molecule has 0 unspecified atom stereocenters. The number of halogens is 1. The first kappa shape index (κ1) is 21.1. The van der Waals surface area contributed by atoms with E-state index in [-0.39, 0.29) is 18.3 Å². The number of aromatic nitrogens is 5. The van der Waals surface area contributed by atoms with E-state index in [1.165, 1.54) is 0 Å². The van der Waals surface area contributed by atoms with Gasteiger partial charge in [-0.05, 0) is 37.6 Å². The molecule has 1 amide bonds. The second-order valence-corrected chi connectivity index (χ2v) is 7.75. The molecule has 31 heavy (non-hydrogen) atoms. The Bertz CT molecular complexity index is 1270. The van der Waals surface area contributed by atoms with E-state index in [9.17, 15) is 4.79 Å². The third-order valence-electron chi connectivity index (χ3n) is 5.44. The van der Waals surface area contributed by atoms with Crippen LogP contribution >= 0.6 is 12.4 Å². The highest BCUT2D eigenvalue weighted by atomic mass is 35.5. The smallest absolute Gasteiger partial charge is 0.259 e. The van der Waals surface area contributed by atoms with Gasteiger partial charge in [0, 0.05) is 50.5 Å². The van der Waals surface area contributed by atoms with E-state index in [1.807, 2.05) is 51.5 Å². The summed E-state index contributed by atoms with van der Waals surface area (Å²) in [5, 5.41) is 16.3. The Hall–Kier alpha value is -3.17. The summed E-state index contributed by atoms with van der Waals surface area (Å²) >= 11 is 0. The number of hydrogen-bond acceptors (Lipinski definition) is 6. The maximum Gasteiger partial charge on any atom is 0.259 e. The normalized spacial score (nSPS) is 14.1. The summed E-state index contributed by atoms with van der Waals surface area (Å²) in [6, 6.07) is 5.71. The highest BCUT2D eigenvalue weighted by molar-refractivity contribution is 6.13. The van der Waals surface area contributed by atoms with Gasteiger partial charge in [0.1, 0.15) is 5.52 Å². The van der Waals surface area contributed by atoms with Crippen LogP contribution in [0.15, 0.2) is 30.6 Å². The summed E-state index contributed by atoms with van der Waals surface area (Å²) in [5.74, 6) is 0.256. The van der Waals surface area contributed by atoms with Gasteiger partial charge in [-0.3, -0.25) is 9.48 Å². The van der Waals surface area contributed by atoms with Crippen molar-refractivity contribution in [2.45, 2.75) is 13.8 Å². The number of fused-ring (bicyclic) bond motifs is 2. The van der Waals surface area contributed by atoms with E-state index in [0.29, 0.717) is 16.9 Å². The molecule has 162 valence electrons. The van der Waals surface area contributed by atoms with Gasteiger partial charge in [0.05, 0.1) is 17.5 Å². The van der Waals surface area contributed by atoms with Crippen molar-refractivity contribution in [3.05, 3.63) is 47.4 Å². The summed E-state index contributed by atoms with van der Waals surface area (Å²) < 4.78 is 3.46. The molecule has 0 atom stereocenters. The van der Waals surface area contributed by atoms with Crippen molar-refractivity contribution < 1.29 is 4.79 Å². The topological polar surface area (TPSA) is 92.4 Å². The average Bonchev–Trinajstić information content (AvgIpc) is 3.29. The minimum Gasteiger partial charge on any atom is -0.368 e.